The van der Waals surface area contributed by atoms with Crippen LogP contribution in [0.4, 0.5) is 5.95 Å². The van der Waals surface area contributed by atoms with Gasteiger partial charge in [-0.25, -0.2) is 9.97 Å². The van der Waals surface area contributed by atoms with Gasteiger partial charge in [0, 0.05) is 30.9 Å². The van der Waals surface area contributed by atoms with Crippen molar-refractivity contribution in [1.29, 1.82) is 0 Å². The second kappa shape index (κ2) is 6.14. The Morgan fingerprint density at radius 2 is 2.11 bits per heavy atom. The van der Waals surface area contributed by atoms with Gasteiger partial charge in [-0.05, 0) is 40.2 Å². The van der Waals surface area contributed by atoms with Crippen molar-refractivity contribution in [3.05, 3.63) is 17.5 Å². The number of anilines is 1. The molecule has 1 aliphatic rings. The van der Waals surface area contributed by atoms with Crippen molar-refractivity contribution in [1.82, 2.24) is 15.3 Å². The fraction of sp³-hybridized carbons (Fsp3) is 0.714. The molecule has 2 rings (SSSR count). The van der Waals surface area contributed by atoms with E-state index in [9.17, 15) is 0 Å². The third-order valence-corrected chi connectivity index (χ3v) is 3.81. The smallest absolute Gasteiger partial charge is 0.225 e. The molecule has 0 aromatic carbocycles. The molecule has 100 valence electrons. The van der Waals surface area contributed by atoms with Crippen LogP contribution < -0.4 is 10.2 Å². The molecule has 0 saturated carbocycles. The Morgan fingerprint density at radius 1 is 1.33 bits per heavy atom. The van der Waals surface area contributed by atoms with Crippen LogP contribution in [-0.4, -0.2) is 30.1 Å². The van der Waals surface area contributed by atoms with Crippen LogP contribution in [0.3, 0.4) is 0 Å². The van der Waals surface area contributed by atoms with Crippen molar-refractivity contribution in [2.45, 2.75) is 45.6 Å². The first kappa shape index (κ1) is 13.3. The Kier molecular flexibility index (Phi) is 4.53. The number of hydrogen-bond donors (Lipinski definition) is 1. The van der Waals surface area contributed by atoms with E-state index >= 15 is 0 Å². The molecule has 0 saturated heterocycles. The third kappa shape index (κ3) is 2.64. The lowest BCUT2D eigenvalue weighted by Crippen LogP contribution is -2.25. The molecule has 4 heteroatoms. The predicted octanol–water partition coefficient (Wildman–Crippen LogP) is 2.31. The number of nitrogens with one attached hydrogen (secondary N) is 1. The SMILES string of the molecule is CCN(CC)c1ncc2c(n1)CCCCC2NC. The number of fused-ring (bicyclic) bond motifs is 1. The number of hydrogen-bond acceptors (Lipinski definition) is 4. The van der Waals surface area contributed by atoms with Crippen LogP contribution in [-0.2, 0) is 6.42 Å². The minimum absolute atomic E-state index is 0.424. The molecule has 18 heavy (non-hydrogen) atoms. The molecular weight excluding hydrogens is 224 g/mol. The molecule has 1 atom stereocenters. The zero-order valence-electron chi connectivity index (χ0n) is 11.7. The van der Waals surface area contributed by atoms with Gasteiger partial charge < -0.3 is 10.2 Å². The van der Waals surface area contributed by atoms with Crippen LogP contribution in [0.2, 0.25) is 0 Å². The highest BCUT2D eigenvalue weighted by Crippen LogP contribution is 2.27. The second-order valence-corrected chi connectivity index (χ2v) is 4.83. The number of aryl methyl sites for hydroxylation is 1. The zero-order valence-corrected chi connectivity index (χ0v) is 11.7. The zero-order chi connectivity index (χ0) is 13.0. The molecule has 0 amide bonds. The highest BCUT2D eigenvalue weighted by atomic mass is 15.2. The van der Waals surface area contributed by atoms with Gasteiger partial charge in [0.05, 0.1) is 5.69 Å². The molecule has 0 fully saturated rings. The topological polar surface area (TPSA) is 41.1 Å². The summed E-state index contributed by atoms with van der Waals surface area (Å²) in [4.78, 5) is 11.5. The molecule has 1 N–H and O–H groups in total. The fourth-order valence-electron chi connectivity index (χ4n) is 2.66. The van der Waals surface area contributed by atoms with Crippen molar-refractivity contribution in [3.63, 3.8) is 0 Å². The number of nitrogens with zero attached hydrogens (tertiary/aromatic N) is 3. The van der Waals surface area contributed by atoms with Crippen LogP contribution >= 0.6 is 0 Å². The van der Waals surface area contributed by atoms with E-state index in [-0.39, 0.29) is 0 Å². The summed E-state index contributed by atoms with van der Waals surface area (Å²) in [6.45, 7) is 6.22. The van der Waals surface area contributed by atoms with Gasteiger partial charge in [0.1, 0.15) is 0 Å². The highest BCUT2D eigenvalue weighted by Gasteiger charge is 2.20. The van der Waals surface area contributed by atoms with E-state index in [4.69, 9.17) is 4.98 Å². The number of aromatic nitrogens is 2. The van der Waals surface area contributed by atoms with Gasteiger partial charge in [-0.15, -0.1) is 0 Å². The Labute approximate surface area is 110 Å². The summed E-state index contributed by atoms with van der Waals surface area (Å²) in [5, 5.41) is 3.38. The highest BCUT2D eigenvalue weighted by molar-refractivity contribution is 5.34. The van der Waals surface area contributed by atoms with E-state index in [2.05, 4.69) is 29.0 Å². The van der Waals surface area contributed by atoms with E-state index < -0.39 is 0 Å². The van der Waals surface area contributed by atoms with E-state index in [1.807, 2.05) is 13.2 Å². The molecule has 1 aromatic heterocycles. The van der Waals surface area contributed by atoms with Crippen molar-refractivity contribution in [2.24, 2.45) is 0 Å². The minimum atomic E-state index is 0.424. The fourth-order valence-corrected chi connectivity index (χ4v) is 2.66. The molecule has 1 aromatic rings. The lowest BCUT2D eigenvalue weighted by molar-refractivity contribution is 0.532. The lowest BCUT2D eigenvalue weighted by Gasteiger charge is -2.21. The summed E-state index contributed by atoms with van der Waals surface area (Å²) < 4.78 is 0. The third-order valence-electron chi connectivity index (χ3n) is 3.81. The first-order chi connectivity index (χ1) is 8.80. The molecule has 1 aliphatic carbocycles. The van der Waals surface area contributed by atoms with E-state index in [1.165, 1.54) is 30.5 Å². The standard InChI is InChI=1S/C14H24N4/c1-4-18(5-2)14-16-10-11-12(15-3)8-6-7-9-13(11)17-14/h10,12,15H,4-9H2,1-3H3. The largest absolute Gasteiger partial charge is 0.341 e. The maximum atomic E-state index is 4.79. The van der Waals surface area contributed by atoms with Crippen molar-refractivity contribution >= 4 is 5.95 Å². The summed E-state index contributed by atoms with van der Waals surface area (Å²) >= 11 is 0. The molecule has 0 spiro atoms. The molecule has 4 nitrogen and oxygen atoms in total. The molecule has 0 bridgehead atoms. The average molecular weight is 248 g/mol. The average Bonchev–Trinajstić information content (AvgIpc) is 2.61. The first-order valence-electron chi connectivity index (χ1n) is 7.08. The Morgan fingerprint density at radius 3 is 2.78 bits per heavy atom. The van der Waals surface area contributed by atoms with Crippen molar-refractivity contribution < 1.29 is 0 Å². The normalized spacial score (nSPS) is 19.2. The van der Waals surface area contributed by atoms with Gasteiger partial charge in [-0.2, -0.15) is 0 Å². The molecule has 0 radical (unpaired) electrons. The van der Waals surface area contributed by atoms with Gasteiger partial charge in [-0.3, -0.25) is 0 Å². The van der Waals surface area contributed by atoms with Gasteiger partial charge in [0.25, 0.3) is 0 Å². The monoisotopic (exact) mass is 248 g/mol. The summed E-state index contributed by atoms with van der Waals surface area (Å²) in [5.74, 6) is 0.885. The van der Waals surface area contributed by atoms with E-state index in [0.717, 1.165) is 25.5 Å². The van der Waals surface area contributed by atoms with Crippen molar-refractivity contribution in [2.75, 3.05) is 25.0 Å². The van der Waals surface area contributed by atoms with E-state index in [0.29, 0.717) is 6.04 Å². The van der Waals surface area contributed by atoms with Crippen LogP contribution in [0.15, 0.2) is 6.20 Å². The van der Waals surface area contributed by atoms with Gasteiger partial charge in [0.15, 0.2) is 0 Å². The van der Waals surface area contributed by atoms with Crippen LogP contribution in [0, 0.1) is 0 Å². The Balaban J connectivity index is 2.32. The summed E-state index contributed by atoms with van der Waals surface area (Å²) in [7, 11) is 2.03. The maximum absolute atomic E-state index is 4.79. The number of rotatable bonds is 4. The van der Waals surface area contributed by atoms with Gasteiger partial charge in [-0.1, -0.05) is 6.42 Å². The van der Waals surface area contributed by atoms with Gasteiger partial charge in [0.2, 0.25) is 5.95 Å². The quantitative estimate of drug-likeness (QED) is 0.830. The van der Waals surface area contributed by atoms with Crippen molar-refractivity contribution in [3.8, 4) is 0 Å². The lowest BCUT2D eigenvalue weighted by atomic mass is 10.1. The minimum Gasteiger partial charge on any atom is -0.341 e. The Hall–Kier alpha value is -1.16. The van der Waals surface area contributed by atoms with Crippen LogP contribution in [0.1, 0.15) is 50.4 Å². The molecule has 1 unspecified atom stereocenters. The summed E-state index contributed by atoms with van der Waals surface area (Å²) in [6.07, 6.45) is 6.81. The second-order valence-electron chi connectivity index (χ2n) is 4.83. The van der Waals surface area contributed by atoms with Crippen LogP contribution in [0.5, 0.6) is 0 Å². The van der Waals surface area contributed by atoms with E-state index in [1.54, 1.807) is 0 Å². The molecule has 0 aliphatic heterocycles. The molecular formula is C14H24N4. The Bertz CT molecular complexity index is 387. The van der Waals surface area contributed by atoms with Gasteiger partial charge >= 0.3 is 0 Å². The molecule has 1 heterocycles. The summed E-state index contributed by atoms with van der Waals surface area (Å²) in [6, 6.07) is 0.424. The van der Waals surface area contributed by atoms with Crippen LogP contribution in [0.25, 0.3) is 0 Å². The first-order valence-corrected chi connectivity index (χ1v) is 7.08. The predicted molar refractivity (Wildman–Crippen MR) is 74.9 cm³/mol. The maximum Gasteiger partial charge on any atom is 0.225 e. The summed E-state index contributed by atoms with van der Waals surface area (Å²) in [5.41, 5.74) is 2.54.